The van der Waals surface area contributed by atoms with Gasteiger partial charge in [-0.15, -0.1) is 0 Å². The van der Waals surface area contributed by atoms with Crippen molar-refractivity contribution in [3.05, 3.63) is 96.1 Å². The van der Waals surface area contributed by atoms with E-state index in [2.05, 4.69) is 23.4 Å². The third kappa shape index (κ3) is 7.76. The van der Waals surface area contributed by atoms with Crippen molar-refractivity contribution in [2.75, 3.05) is 46.9 Å². The highest BCUT2D eigenvalue weighted by atomic mass is 16.5. The number of carbonyl (C=O) groups excluding carboxylic acids is 2. The molecule has 0 spiro atoms. The zero-order chi connectivity index (χ0) is 27.5. The number of aliphatic imine (C=N–C) groups is 1. The fraction of sp³-hybridized carbons (Fsp3) is 0.323. The summed E-state index contributed by atoms with van der Waals surface area (Å²) in [7, 11) is 3.29. The molecule has 0 aliphatic carbocycles. The molecule has 1 unspecified atom stereocenters. The van der Waals surface area contributed by atoms with Crippen LogP contribution in [0.1, 0.15) is 35.3 Å². The summed E-state index contributed by atoms with van der Waals surface area (Å²) in [5.41, 5.74) is 4.03. The van der Waals surface area contributed by atoms with Crippen molar-refractivity contribution < 1.29 is 14.3 Å². The molecule has 1 fully saturated rings. The average molecular weight is 515 g/mol. The maximum absolute atomic E-state index is 13.3. The maximum Gasteiger partial charge on any atom is 0.337 e. The van der Waals surface area contributed by atoms with Gasteiger partial charge in [-0.1, -0.05) is 55.1 Å². The second kappa shape index (κ2) is 14.1. The summed E-state index contributed by atoms with van der Waals surface area (Å²) in [5, 5.41) is 0. The molecular formula is C31H38N4O3. The normalized spacial score (nSPS) is 15.6. The molecule has 1 aliphatic heterocycles. The number of carbonyl (C=O) groups is 2. The van der Waals surface area contributed by atoms with Crippen molar-refractivity contribution in [2.24, 2.45) is 4.99 Å². The number of piperazine rings is 1. The molecule has 200 valence electrons. The van der Waals surface area contributed by atoms with Gasteiger partial charge in [0.2, 0.25) is 5.91 Å². The van der Waals surface area contributed by atoms with Crippen LogP contribution in [-0.4, -0.2) is 85.8 Å². The van der Waals surface area contributed by atoms with Gasteiger partial charge < -0.3 is 14.5 Å². The molecule has 1 atom stereocenters. The minimum absolute atomic E-state index is 0.0893. The topological polar surface area (TPSA) is 65.5 Å². The van der Waals surface area contributed by atoms with Gasteiger partial charge in [-0.25, -0.2) is 4.79 Å². The van der Waals surface area contributed by atoms with Gasteiger partial charge in [-0.2, -0.15) is 0 Å². The first kappa shape index (κ1) is 28.6. The largest absolute Gasteiger partial charge is 0.465 e. The van der Waals surface area contributed by atoms with Crippen LogP contribution in [0.5, 0.6) is 0 Å². The highest BCUT2D eigenvalue weighted by molar-refractivity contribution is 5.90. The summed E-state index contributed by atoms with van der Waals surface area (Å²) in [6.45, 7) is 11.5. The van der Waals surface area contributed by atoms with Crippen LogP contribution in [0.25, 0.3) is 11.3 Å². The predicted molar refractivity (Wildman–Crippen MR) is 155 cm³/mol. The molecule has 0 N–H and O–H groups in total. The summed E-state index contributed by atoms with van der Waals surface area (Å²) in [5.74, 6) is -0.287. The summed E-state index contributed by atoms with van der Waals surface area (Å²) < 4.78 is 4.79. The molecule has 3 rings (SSSR count). The second-order valence-corrected chi connectivity index (χ2v) is 9.22. The lowest BCUT2D eigenvalue weighted by atomic mass is 10.0. The van der Waals surface area contributed by atoms with Gasteiger partial charge in [0.15, 0.2) is 0 Å². The smallest absolute Gasteiger partial charge is 0.337 e. The molecule has 2 aromatic rings. The Morgan fingerprint density at radius 3 is 2.26 bits per heavy atom. The number of likely N-dealkylation sites (N-methyl/N-ethyl adjacent to an activating group) is 1. The van der Waals surface area contributed by atoms with Gasteiger partial charge in [-0.05, 0) is 54.8 Å². The fourth-order valence-electron chi connectivity index (χ4n) is 4.30. The van der Waals surface area contributed by atoms with Crippen LogP contribution >= 0.6 is 0 Å². The fourth-order valence-corrected chi connectivity index (χ4v) is 4.30. The molecule has 1 amide bonds. The molecule has 7 heteroatoms. The minimum Gasteiger partial charge on any atom is -0.465 e. The third-order valence-corrected chi connectivity index (χ3v) is 6.62. The number of ether oxygens (including phenoxy) is 1. The van der Waals surface area contributed by atoms with Gasteiger partial charge >= 0.3 is 5.97 Å². The number of rotatable bonds is 10. The minimum atomic E-state index is -0.377. The van der Waals surface area contributed by atoms with Crippen molar-refractivity contribution in [2.45, 2.75) is 20.0 Å². The quantitative estimate of drug-likeness (QED) is 0.264. The number of hydrogen-bond acceptors (Lipinski definition) is 6. The number of amides is 1. The lowest BCUT2D eigenvalue weighted by Crippen LogP contribution is -2.52. The Labute approximate surface area is 226 Å². The molecule has 7 nitrogen and oxygen atoms in total. The van der Waals surface area contributed by atoms with Crippen molar-refractivity contribution in [1.82, 2.24) is 14.7 Å². The molecule has 1 saturated heterocycles. The first-order chi connectivity index (χ1) is 18.3. The molecule has 38 heavy (non-hydrogen) atoms. The number of benzene rings is 2. The Morgan fingerprint density at radius 1 is 1.03 bits per heavy atom. The van der Waals surface area contributed by atoms with Crippen LogP contribution in [0.15, 0.2) is 84.4 Å². The predicted octanol–water partition coefficient (Wildman–Crippen LogP) is 4.60. The van der Waals surface area contributed by atoms with Gasteiger partial charge in [0.05, 0.1) is 25.4 Å². The number of allylic oxidation sites excluding steroid dienone is 4. The summed E-state index contributed by atoms with van der Waals surface area (Å²) in [4.78, 5) is 35.8. The Bertz CT molecular complexity index is 1180. The van der Waals surface area contributed by atoms with Gasteiger partial charge in [0.25, 0.3) is 0 Å². The van der Waals surface area contributed by atoms with E-state index >= 15 is 0 Å². The third-order valence-electron chi connectivity index (χ3n) is 6.62. The van der Waals surface area contributed by atoms with Gasteiger partial charge in [-0.3, -0.25) is 14.7 Å². The highest BCUT2D eigenvalue weighted by Gasteiger charge is 2.25. The van der Waals surface area contributed by atoms with Crippen molar-refractivity contribution in [3.8, 4) is 0 Å². The Hall–Kier alpha value is -3.97. The lowest BCUT2D eigenvalue weighted by Gasteiger charge is -2.37. The molecular weight excluding hydrogens is 476 g/mol. The van der Waals surface area contributed by atoms with Crippen LogP contribution in [0, 0.1) is 0 Å². The summed E-state index contributed by atoms with van der Waals surface area (Å²) in [6, 6.07) is 17.1. The molecule has 1 aliphatic rings. The molecule has 0 aromatic heterocycles. The molecule has 1 heterocycles. The molecule has 2 aromatic carbocycles. The Morgan fingerprint density at radius 2 is 1.66 bits per heavy atom. The van der Waals surface area contributed by atoms with Crippen molar-refractivity contribution >= 4 is 29.4 Å². The van der Waals surface area contributed by atoms with E-state index in [1.54, 1.807) is 12.1 Å². The number of nitrogens with zero attached hydrogens (tertiary/aromatic N) is 4. The Kier molecular flexibility index (Phi) is 10.6. The van der Waals surface area contributed by atoms with E-state index < -0.39 is 0 Å². The van der Waals surface area contributed by atoms with E-state index in [0.717, 1.165) is 35.5 Å². The van der Waals surface area contributed by atoms with Gasteiger partial charge in [0, 0.05) is 45.1 Å². The zero-order valence-corrected chi connectivity index (χ0v) is 22.8. The first-order valence-electron chi connectivity index (χ1n) is 12.9. The summed E-state index contributed by atoms with van der Waals surface area (Å²) in [6.07, 6.45) is 7.79. The van der Waals surface area contributed by atoms with E-state index in [-0.39, 0.29) is 24.6 Å². The maximum atomic E-state index is 13.3. The van der Waals surface area contributed by atoms with E-state index in [0.29, 0.717) is 18.7 Å². The van der Waals surface area contributed by atoms with Crippen molar-refractivity contribution in [1.29, 1.82) is 0 Å². The van der Waals surface area contributed by atoms with E-state index in [1.807, 2.05) is 90.7 Å². The van der Waals surface area contributed by atoms with E-state index in [1.165, 1.54) is 7.11 Å². The van der Waals surface area contributed by atoms with Crippen LogP contribution < -0.4 is 0 Å². The lowest BCUT2D eigenvalue weighted by molar-refractivity contribution is -0.133. The molecule has 0 radical (unpaired) electrons. The highest BCUT2D eigenvalue weighted by Crippen LogP contribution is 2.24. The first-order valence-corrected chi connectivity index (χ1v) is 12.9. The second-order valence-electron chi connectivity index (χ2n) is 9.22. The molecule has 0 saturated carbocycles. The van der Waals surface area contributed by atoms with Crippen LogP contribution in [0.2, 0.25) is 0 Å². The Balaban J connectivity index is 1.70. The van der Waals surface area contributed by atoms with Crippen LogP contribution in [0.4, 0.5) is 0 Å². The average Bonchev–Trinajstić information content (AvgIpc) is 2.95. The van der Waals surface area contributed by atoms with Gasteiger partial charge in [0.1, 0.15) is 0 Å². The number of hydrogen-bond donors (Lipinski definition) is 0. The SMILES string of the molecule is C=C(/C=C(/c1ccccc1)N(C)CC(=O)N1CCN(C(C)/N=C\C=C/C)CC1)c1ccc(C(=O)OC)cc1. The summed E-state index contributed by atoms with van der Waals surface area (Å²) >= 11 is 0. The molecule has 0 bridgehead atoms. The van der Waals surface area contributed by atoms with E-state index in [4.69, 9.17) is 4.74 Å². The number of methoxy groups -OCH3 is 1. The monoisotopic (exact) mass is 514 g/mol. The van der Waals surface area contributed by atoms with E-state index in [9.17, 15) is 9.59 Å². The zero-order valence-electron chi connectivity index (χ0n) is 22.8. The van der Waals surface area contributed by atoms with Crippen LogP contribution in [0.3, 0.4) is 0 Å². The number of esters is 1. The standard InChI is InChI=1S/C31H38N4O3/c1-6-7-17-32-25(3)34-18-20-35(21-19-34)30(36)23-33(4)29(27-11-9-8-10-12-27)22-24(2)26-13-15-28(16-14-26)31(37)38-5/h6-17,22,25H,2,18-21,23H2,1,3-5H3/b7-6-,29-22-,32-17-. The van der Waals surface area contributed by atoms with Crippen molar-refractivity contribution in [3.63, 3.8) is 0 Å². The van der Waals surface area contributed by atoms with Crippen LogP contribution in [-0.2, 0) is 9.53 Å².